The number of aromatic nitrogens is 4. The highest BCUT2D eigenvalue weighted by molar-refractivity contribution is 7.99. The SMILES string of the molecule is CC(O)CSc1nc2ccc(Cl)cc2n2c(C(F)(F)F)nnc12. The molecule has 2 heterocycles. The molecule has 2 aromatic heterocycles. The monoisotopic (exact) mass is 362 g/mol. The van der Waals surface area contributed by atoms with Crippen molar-refractivity contribution < 1.29 is 18.3 Å². The first kappa shape index (κ1) is 16.3. The molecule has 0 saturated heterocycles. The molecule has 122 valence electrons. The molecule has 1 atom stereocenters. The molecule has 1 N–H and O–H groups in total. The zero-order valence-corrected chi connectivity index (χ0v) is 13.2. The van der Waals surface area contributed by atoms with Crippen LogP contribution in [0, 0.1) is 0 Å². The van der Waals surface area contributed by atoms with Gasteiger partial charge in [0.1, 0.15) is 5.03 Å². The van der Waals surface area contributed by atoms with Crippen molar-refractivity contribution in [2.24, 2.45) is 0 Å². The van der Waals surface area contributed by atoms with E-state index in [4.69, 9.17) is 11.6 Å². The number of benzene rings is 1. The van der Waals surface area contributed by atoms with E-state index in [1.807, 2.05) is 0 Å². The summed E-state index contributed by atoms with van der Waals surface area (Å²) in [4.78, 5) is 4.31. The van der Waals surface area contributed by atoms with Crippen molar-refractivity contribution in [3.63, 3.8) is 0 Å². The predicted molar refractivity (Wildman–Crippen MR) is 80.7 cm³/mol. The predicted octanol–water partition coefficient (Wildman–Crippen LogP) is 3.42. The van der Waals surface area contributed by atoms with Gasteiger partial charge >= 0.3 is 6.18 Å². The van der Waals surface area contributed by atoms with E-state index in [0.717, 1.165) is 16.2 Å². The topological polar surface area (TPSA) is 63.3 Å². The number of fused-ring (bicyclic) bond motifs is 3. The normalized spacial score (nSPS) is 13.8. The molecule has 0 spiro atoms. The van der Waals surface area contributed by atoms with Crippen molar-refractivity contribution in [3.8, 4) is 0 Å². The Labute approximate surface area is 137 Å². The lowest BCUT2D eigenvalue weighted by molar-refractivity contribution is -0.145. The van der Waals surface area contributed by atoms with E-state index in [-0.39, 0.29) is 27.0 Å². The van der Waals surface area contributed by atoms with Crippen molar-refractivity contribution in [1.29, 1.82) is 0 Å². The fourth-order valence-electron chi connectivity index (χ4n) is 2.06. The van der Waals surface area contributed by atoms with E-state index >= 15 is 0 Å². The highest BCUT2D eigenvalue weighted by atomic mass is 35.5. The van der Waals surface area contributed by atoms with Gasteiger partial charge in [0, 0.05) is 10.8 Å². The van der Waals surface area contributed by atoms with Crippen molar-refractivity contribution >= 4 is 40.0 Å². The summed E-state index contributed by atoms with van der Waals surface area (Å²) in [6, 6.07) is 4.46. The fourth-order valence-corrected chi connectivity index (χ4v) is 3.05. The van der Waals surface area contributed by atoms with Crippen LogP contribution >= 0.6 is 23.4 Å². The summed E-state index contributed by atoms with van der Waals surface area (Å²) < 4.78 is 40.5. The molecule has 3 aromatic rings. The Bertz CT molecular complexity index is 881. The number of halogens is 4. The minimum Gasteiger partial charge on any atom is -0.393 e. The molecule has 10 heteroatoms. The second-order valence-electron chi connectivity index (χ2n) is 4.89. The van der Waals surface area contributed by atoms with E-state index in [1.165, 1.54) is 12.1 Å². The molecule has 0 aliphatic carbocycles. The number of thioether (sulfide) groups is 1. The third-order valence-electron chi connectivity index (χ3n) is 2.97. The average Bonchev–Trinajstić information content (AvgIpc) is 2.90. The Morgan fingerprint density at radius 3 is 2.74 bits per heavy atom. The highest BCUT2D eigenvalue weighted by Gasteiger charge is 2.38. The number of nitrogens with zero attached hydrogens (tertiary/aromatic N) is 4. The minimum atomic E-state index is -4.66. The summed E-state index contributed by atoms with van der Waals surface area (Å²) in [5.74, 6) is -0.864. The second kappa shape index (κ2) is 5.81. The van der Waals surface area contributed by atoms with Crippen LogP contribution in [0.4, 0.5) is 13.2 Å². The van der Waals surface area contributed by atoms with Crippen molar-refractivity contribution in [3.05, 3.63) is 29.0 Å². The van der Waals surface area contributed by atoms with Crippen LogP contribution in [-0.2, 0) is 6.18 Å². The third kappa shape index (κ3) is 3.08. The lowest BCUT2D eigenvalue weighted by Crippen LogP contribution is -2.12. The van der Waals surface area contributed by atoms with Gasteiger partial charge < -0.3 is 5.11 Å². The van der Waals surface area contributed by atoms with Crippen LogP contribution in [0.3, 0.4) is 0 Å². The molecule has 0 aliphatic rings. The Hall–Kier alpha value is -1.58. The van der Waals surface area contributed by atoms with Gasteiger partial charge in [0.25, 0.3) is 0 Å². The van der Waals surface area contributed by atoms with Crippen LogP contribution in [0.25, 0.3) is 16.7 Å². The van der Waals surface area contributed by atoms with Gasteiger partial charge in [0.15, 0.2) is 5.65 Å². The van der Waals surface area contributed by atoms with Crippen molar-refractivity contribution in [1.82, 2.24) is 19.6 Å². The second-order valence-corrected chi connectivity index (χ2v) is 6.34. The minimum absolute atomic E-state index is 0.0160. The molecule has 0 radical (unpaired) electrons. The van der Waals surface area contributed by atoms with Crippen molar-refractivity contribution in [2.45, 2.75) is 24.2 Å². The Balaban J connectivity index is 2.33. The van der Waals surface area contributed by atoms with Crippen LogP contribution in [0.1, 0.15) is 12.7 Å². The molecule has 3 rings (SSSR count). The number of aliphatic hydroxyl groups is 1. The maximum absolute atomic E-state index is 13.2. The van der Waals surface area contributed by atoms with Gasteiger partial charge in [-0.1, -0.05) is 23.4 Å². The van der Waals surface area contributed by atoms with Gasteiger partial charge in [0.05, 0.1) is 17.1 Å². The zero-order chi connectivity index (χ0) is 16.8. The first-order valence-electron chi connectivity index (χ1n) is 6.50. The molecule has 0 amide bonds. The first-order chi connectivity index (χ1) is 10.8. The standard InChI is InChI=1S/C13H10ClF3N4OS/c1-6(22)5-23-11-10-19-20-12(13(15,16)17)21(10)9-4-7(14)2-3-8(9)18-11/h2-4,6,22H,5H2,1H3. The van der Waals surface area contributed by atoms with Gasteiger partial charge in [-0.05, 0) is 25.1 Å². The molecule has 0 aliphatic heterocycles. The summed E-state index contributed by atoms with van der Waals surface area (Å²) in [5, 5.41) is 16.8. The fraction of sp³-hybridized carbons (Fsp3) is 0.308. The van der Waals surface area contributed by atoms with Crippen LogP contribution in [-0.4, -0.2) is 36.5 Å². The largest absolute Gasteiger partial charge is 0.452 e. The molecule has 1 aromatic carbocycles. The average molecular weight is 363 g/mol. The molecule has 1 unspecified atom stereocenters. The van der Waals surface area contributed by atoms with Gasteiger partial charge in [-0.15, -0.1) is 10.2 Å². The Kier molecular flexibility index (Phi) is 4.11. The van der Waals surface area contributed by atoms with E-state index < -0.39 is 18.1 Å². The van der Waals surface area contributed by atoms with E-state index in [0.29, 0.717) is 5.52 Å². The van der Waals surface area contributed by atoms with Gasteiger partial charge in [-0.25, -0.2) is 4.98 Å². The maximum Gasteiger partial charge on any atom is 0.452 e. The summed E-state index contributed by atoms with van der Waals surface area (Å²) >= 11 is 7.01. The molecule has 23 heavy (non-hydrogen) atoms. The lowest BCUT2D eigenvalue weighted by Gasteiger charge is -2.10. The number of hydrogen-bond acceptors (Lipinski definition) is 5. The number of alkyl halides is 3. The van der Waals surface area contributed by atoms with Crippen molar-refractivity contribution in [2.75, 3.05) is 5.75 Å². The lowest BCUT2D eigenvalue weighted by atomic mass is 10.3. The van der Waals surface area contributed by atoms with Gasteiger partial charge in [0.2, 0.25) is 5.82 Å². The smallest absolute Gasteiger partial charge is 0.393 e. The first-order valence-corrected chi connectivity index (χ1v) is 7.86. The zero-order valence-electron chi connectivity index (χ0n) is 11.7. The van der Waals surface area contributed by atoms with Gasteiger partial charge in [-0.3, -0.25) is 4.40 Å². The molecule has 0 saturated carbocycles. The Morgan fingerprint density at radius 1 is 1.35 bits per heavy atom. The maximum atomic E-state index is 13.2. The van der Waals surface area contributed by atoms with E-state index in [2.05, 4.69) is 15.2 Å². The number of hydrogen-bond donors (Lipinski definition) is 1. The summed E-state index contributed by atoms with van der Waals surface area (Å²) in [7, 11) is 0. The van der Waals surface area contributed by atoms with E-state index in [1.54, 1.807) is 13.0 Å². The van der Waals surface area contributed by atoms with Crippen LogP contribution in [0.2, 0.25) is 5.02 Å². The third-order valence-corrected chi connectivity index (χ3v) is 4.40. The summed E-state index contributed by atoms with van der Waals surface area (Å²) in [6.45, 7) is 1.58. The molecular formula is C13H10ClF3N4OS. The van der Waals surface area contributed by atoms with Crippen LogP contribution in [0.15, 0.2) is 23.2 Å². The molecular weight excluding hydrogens is 353 g/mol. The number of rotatable bonds is 3. The summed E-state index contributed by atoms with van der Waals surface area (Å²) in [6.07, 6.45) is -5.30. The van der Waals surface area contributed by atoms with Crippen LogP contribution in [0.5, 0.6) is 0 Å². The van der Waals surface area contributed by atoms with E-state index in [9.17, 15) is 18.3 Å². The molecule has 0 bridgehead atoms. The van der Waals surface area contributed by atoms with Crippen LogP contribution < -0.4 is 0 Å². The van der Waals surface area contributed by atoms with Gasteiger partial charge in [-0.2, -0.15) is 13.2 Å². The summed E-state index contributed by atoms with van der Waals surface area (Å²) in [5.41, 5.74) is 0.490. The highest BCUT2D eigenvalue weighted by Crippen LogP contribution is 2.33. The molecule has 5 nitrogen and oxygen atoms in total. The Morgan fingerprint density at radius 2 is 2.09 bits per heavy atom. The quantitative estimate of drug-likeness (QED) is 0.723. The molecule has 0 fully saturated rings. The number of aliphatic hydroxyl groups excluding tert-OH is 1.